The van der Waals surface area contributed by atoms with Crippen LogP contribution in [0.15, 0.2) is 36.7 Å². The zero-order chi connectivity index (χ0) is 20.1. The molecule has 3 aromatic rings. The van der Waals surface area contributed by atoms with E-state index in [1.165, 1.54) is 0 Å². The Hall–Kier alpha value is -3.13. The predicted octanol–water partition coefficient (Wildman–Crippen LogP) is 1.93. The summed E-state index contributed by atoms with van der Waals surface area (Å²) in [5.41, 5.74) is 2.99. The Morgan fingerprint density at radius 2 is 2.23 bits per heavy atom. The van der Waals surface area contributed by atoms with Gasteiger partial charge in [-0.1, -0.05) is 12.1 Å². The van der Waals surface area contributed by atoms with E-state index in [2.05, 4.69) is 38.3 Å². The summed E-state index contributed by atoms with van der Waals surface area (Å²) in [6.07, 6.45) is 5.98. The minimum absolute atomic E-state index is 0.0646. The molecular weight excluding hydrogens is 380 g/mol. The average Bonchev–Trinajstić information content (AvgIpc) is 3.44. The van der Waals surface area contributed by atoms with Crippen LogP contribution >= 0.6 is 0 Å². The van der Waals surface area contributed by atoms with Gasteiger partial charge in [0.25, 0.3) is 0 Å². The lowest BCUT2D eigenvalue weighted by Crippen LogP contribution is -2.57. The number of ether oxygens (including phenoxy) is 1. The maximum atomic E-state index is 12.5. The second-order valence-corrected chi connectivity index (χ2v) is 8.29. The van der Waals surface area contributed by atoms with E-state index in [-0.39, 0.29) is 11.9 Å². The van der Waals surface area contributed by atoms with Crippen molar-refractivity contribution in [1.82, 2.24) is 20.3 Å². The number of benzene rings is 1. The molecule has 6 rings (SSSR count). The molecule has 1 saturated heterocycles. The van der Waals surface area contributed by atoms with Crippen LogP contribution in [0.1, 0.15) is 12.8 Å². The number of fused-ring (bicyclic) bond motifs is 4. The number of carbonyl (C=O) groups excluding carboxylic acids is 1. The van der Waals surface area contributed by atoms with Gasteiger partial charge in [-0.05, 0) is 25.0 Å². The van der Waals surface area contributed by atoms with Crippen LogP contribution in [0, 0.1) is 0 Å². The fraction of sp³-hybridized carbons (Fsp3) is 0.409. The Morgan fingerprint density at radius 3 is 3.13 bits per heavy atom. The van der Waals surface area contributed by atoms with Crippen molar-refractivity contribution in [2.75, 3.05) is 42.6 Å². The van der Waals surface area contributed by atoms with E-state index in [4.69, 9.17) is 14.7 Å². The topological polar surface area (TPSA) is 86.4 Å². The highest BCUT2D eigenvalue weighted by molar-refractivity contribution is 5.94. The summed E-state index contributed by atoms with van der Waals surface area (Å²) >= 11 is 0. The van der Waals surface area contributed by atoms with E-state index in [9.17, 15) is 4.79 Å². The molecule has 2 fully saturated rings. The second kappa shape index (κ2) is 6.98. The maximum Gasteiger partial charge on any atom is 0.239 e. The Morgan fingerprint density at radius 1 is 1.30 bits per heavy atom. The number of hydrogen-bond acceptors (Lipinski definition) is 6. The number of aromatic nitrogens is 3. The zero-order valence-electron chi connectivity index (χ0n) is 16.7. The van der Waals surface area contributed by atoms with Crippen LogP contribution in [-0.2, 0) is 9.53 Å². The molecule has 1 saturated carbocycles. The molecule has 1 aliphatic carbocycles. The van der Waals surface area contributed by atoms with Gasteiger partial charge >= 0.3 is 0 Å². The number of anilines is 2. The third-order valence-corrected chi connectivity index (χ3v) is 6.13. The first-order valence-electron chi connectivity index (χ1n) is 10.6. The summed E-state index contributed by atoms with van der Waals surface area (Å²) in [7, 11) is 0. The van der Waals surface area contributed by atoms with Crippen molar-refractivity contribution >= 4 is 28.3 Å². The van der Waals surface area contributed by atoms with Crippen molar-refractivity contribution < 1.29 is 9.53 Å². The predicted molar refractivity (Wildman–Crippen MR) is 115 cm³/mol. The van der Waals surface area contributed by atoms with Crippen LogP contribution in [0.25, 0.3) is 22.3 Å². The Bertz CT molecular complexity index is 1110. The van der Waals surface area contributed by atoms with E-state index >= 15 is 0 Å². The highest BCUT2D eigenvalue weighted by Gasteiger charge is 2.36. The molecule has 1 amide bonds. The number of aromatic amines is 1. The van der Waals surface area contributed by atoms with Gasteiger partial charge in [-0.2, -0.15) is 0 Å². The third-order valence-electron chi connectivity index (χ3n) is 6.13. The second-order valence-electron chi connectivity index (χ2n) is 8.29. The van der Waals surface area contributed by atoms with E-state index in [1.807, 2.05) is 18.5 Å². The molecular formula is C22H24N6O2. The molecule has 0 bridgehead atoms. The molecule has 0 unspecified atom stereocenters. The van der Waals surface area contributed by atoms with Crippen molar-refractivity contribution in [3.8, 4) is 11.4 Å². The van der Waals surface area contributed by atoms with Crippen LogP contribution < -0.4 is 15.1 Å². The van der Waals surface area contributed by atoms with E-state index < -0.39 is 0 Å². The van der Waals surface area contributed by atoms with E-state index in [0.29, 0.717) is 31.6 Å². The molecule has 8 nitrogen and oxygen atoms in total. The largest absolute Gasteiger partial charge is 0.377 e. The molecule has 2 N–H and O–H groups in total. The molecule has 0 radical (unpaired) electrons. The first-order valence-corrected chi connectivity index (χ1v) is 10.6. The fourth-order valence-corrected chi connectivity index (χ4v) is 4.47. The van der Waals surface area contributed by atoms with Crippen molar-refractivity contribution in [2.24, 2.45) is 0 Å². The first-order chi connectivity index (χ1) is 14.8. The van der Waals surface area contributed by atoms with Gasteiger partial charge in [-0.15, -0.1) is 0 Å². The number of nitrogens with one attached hydrogen (secondary N) is 2. The monoisotopic (exact) mass is 404 g/mol. The van der Waals surface area contributed by atoms with Crippen LogP contribution in [0.2, 0.25) is 0 Å². The number of carbonyl (C=O) groups is 1. The highest BCUT2D eigenvalue weighted by Crippen LogP contribution is 2.36. The molecule has 154 valence electrons. The quantitative estimate of drug-likeness (QED) is 0.691. The molecule has 30 heavy (non-hydrogen) atoms. The molecule has 2 aliphatic heterocycles. The normalized spacial score (nSPS) is 20.7. The lowest BCUT2D eigenvalue weighted by molar-refractivity contribution is -0.119. The smallest absolute Gasteiger partial charge is 0.239 e. The molecule has 8 heteroatoms. The number of H-pyrrole nitrogens is 1. The Kier molecular flexibility index (Phi) is 4.12. The standard InChI is InChI=1S/C22H24N6O2/c29-20(25-14-4-5-14)12-27-11-15-13-30-9-8-28(15)22-19(27)10-24-21(26-22)17-2-1-3-18-16(17)6-7-23-18/h1-3,6-7,10,14-15,23H,4-5,8-9,11-13H2,(H,25,29)/t15-/m1/s1. The van der Waals surface area contributed by atoms with Crippen molar-refractivity contribution in [3.63, 3.8) is 0 Å². The summed E-state index contributed by atoms with van der Waals surface area (Å²) in [5.74, 6) is 1.66. The van der Waals surface area contributed by atoms with Gasteiger partial charge in [0, 0.05) is 41.8 Å². The summed E-state index contributed by atoms with van der Waals surface area (Å²) in [6, 6.07) is 8.72. The molecule has 1 atom stereocenters. The third kappa shape index (κ3) is 3.08. The maximum absolute atomic E-state index is 12.5. The molecule has 1 aromatic carbocycles. The molecule has 2 aromatic heterocycles. The molecule has 0 spiro atoms. The number of nitrogens with zero attached hydrogens (tertiary/aromatic N) is 4. The lowest BCUT2D eigenvalue weighted by atomic mass is 10.1. The van der Waals surface area contributed by atoms with Crippen molar-refractivity contribution in [2.45, 2.75) is 24.9 Å². The lowest BCUT2D eigenvalue weighted by Gasteiger charge is -2.45. The van der Waals surface area contributed by atoms with Gasteiger partial charge in [0.1, 0.15) is 0 Å². The summed E-state index contributed by atoms with van der Waals surface area (Å²) in [4.78, 5) is 29.9. The molecule has 4 heterocycles. The van der Waals surface area contributed by atoms with Crippen LogP contribution in [0.5, 0.6) is 0 Å². The Labute approximate surface area is 174 Å². The van der Waals surface area contributed by atoms with Gasteiger partial charge < -0.3 is 24.8 Å². The van der Waals surface area contributed by atoms with Gasteiger partial charge in [0.05, 0.1) is 37.7 Å². The van der Waals surface area contributed by atoms with Crippen LogP contribution in [-0.4, -0.2) is 65.8 Å². The number of amides is 1. The van der Waals surface area contributed by atoms with Gasteiger partial charge in [-0.25, -0.2) is 9.97 Å². The van der Waals surface area contributed by atoms with E-state index in [1.54, 1.807) is 0 Å². The highest BCUT2D eigenvalue weighted by atomic mass is 16.5. The SMILES string of the molecule is O=C(CN1C[C@@H]2COCCN2c2nc(-c3cccc4[nH]ccc34)ncc21)NC1CC1. The summed E-state index contributed by atoms with van der Waals surface area (Å²) < 4.78 is 5.73. The van der Waals surface area contributed by atoms with E-state index in [0.717, 1.165) is 53.9 Å². The minimum Gasteiger partial charge on any atom is -0.377 e. The number of hydrogen-bond donors (Lipinski definition) is 2. The summed E-state index contributed by atoms with van der Waals surface area (Å²) in [6.45, 7) is 3.19. The van der Waals surface area contributed by atoms with Crippen molar-refractivity contribution in [1.29, 1.82) is 0 Å². The molecule has 3 aliphatic rings. The van der Waals surface area contributed by atoms with Crippen molar-refractivity contribution in [3.05, 3.63) is 36.7 Å². The average molecular weight is 404 g/mol. The fourth-order valence-electron chi connectivity index (χ4n) is 4.47. The van der Waals surface area contributed by atoms with Gasteiger partial charge in [0.2, 0.25) is 5.91 Å². The van der Waals surface area contributed by atoms with Gasteiger partial charge in [-0.3, -0.25) is 4.79 Å². The van der Waals surface area contributed by atoms with Crippen LogP contribution in [0.3, 0.4) is 0 Å². The summed E-state index contributed by atoms with van der Waals surface area (Å²) in [5, 5.41) is 4.19. The number of morpholine rings is 1. The first kappa shape index (κ1) is 17.7. The van der Waals surface area contributed by atoms with Gasteiger partial charge in [0.15, 0.2) is 11.6 Å². The zero-order valence-corrected chi connectivity index (χ0v) is 16.7. The number of rotatable bonds is 4. The minimum atomic E-state index is 0.0646. The Balaban J connectivity index is 1.39. The van der Waals surface area contributed by atoms with Crippen LogP contribution in [0.4, 0.5) is 11.5 Å².